The first-order chi connectivity index (χ1) is 5.66. The number of carbonyl (C=O) groups is 1. The van der Waals surface area contributed by atoms with Crippen molar-refractivity contribution in [3.8, 4) is 0 Å². The highest BCUT2D eigenvalue weighted by Gasteiger charge is 2.13. The molecular weight excluding hydrogens is 156 g/mol. The van der Waals surface area contributed by atoms with Crippen LogP contribution in [0.1, 0.15) is 23.1 Å². The van der Waals surface area contributed by atoms with E-state index in [9.17, 15) is 4.79 Å². The van der Waals surface area contributed by atoms with Gasteiger partial charge in [-0.3, -0.25) is 9.89 Å². The number of aryl methyl sites for hydroxylation is 1. The minimum absolute atomic E-state index is 0.237. The van der Waals surface area contributed by atoms with Crippen LogP contribution in [0.15, 0.2) is 0 Å². The average Bonchev–Trinajstić information content (AvgIpc) is 2.34. The molecule has 5 heteroatoms. The lowest BCUT2D eigenvalue weighted by molar-refractivity contribution is 0.0951. The van der Waals surface area contributed by atoms with Crippen molar-refractivity contribution in [2.45, 2.75) is 13.8 Å². The smallest absolute Gasteiger partial charge is 0.273 e. The lowest BCUT2D eigenvalue weighted by Gasteiger charge is -1.98. The zero-order valence-electron chi connectivity index (χ0n) is 7.14. The van der Waals surface area contributed by atoms with Crippen LogP contribution in [0.4, 0.5) is 5.69 Å². The van der Waals surface area contributed by atoms with Gasteiger partial charge in [0.1, 0.15) is 0 Å². The van der Waals surface area contributed by atoms with Gasteiger partial charge in [-0.25, -0.2) is 0 Å². The topological polar surface area (TPSA) is 83.8 Å². The zero-order valence-corrected chi connectivity index (χ0v) is 7.14. The summed E-state index contributed by atoms with van der Waals surface area (Å²) in [5.74, 6) is -0.237. The second kappa shape index (κ2) is 3.25. The Morgan fingerprint density at radius 3 is 2.83 bits per heavy atom. The fourth-order valence-electron chi connectivity index (χ4n) is 0.855. The SMILES string of the molecule is CCNC(=O)c1n[nH]c(C)c1N. The molecule has 1 heterocycles. The first-order valence-corrected chi connectivity index (χ1v) is 3.75. The quantitative estimate of drug-likeness (QED) is 0.583. The highest BCUT2D eigenvalue weighted by Crippen LogP contribution is 2.11. The van der Waals surface area contributed by atoms with Gasteiger partial charge in [-0.2, -0.15) is 5.10 Å². The lowest BCUT2D eigenvalue weighted by Crippen LogP contribution is -2.23. The number of nitrogen functional groups attached to an aromatic ring is 1. The molecule has 0 fully saturated rings. The number of hydrogen-bond donors (Lipinski definition) is 3. The maximum atomic E-state index is 11.2. The van der Waals surface area contributed by atoms with E-state index in [4.69, 9.17) is 5.73 Å². The summed E-state index contributed by atoms with van der Waals surface area (Å²) < 4.78 is 0. The average molecular weight is 168 g/mol. The number of aromatic nitrogens is 2. The van der Waals surface area contributed by atoms with Gasteiger partial charge in [-0.15, -0.1) is 0 Å². The second-order valence-corrected chi connectivity index (χ2v) is 2.47. The number of nitrogens with two attached hydrogens (primary N) is 1. The molecule has 0 aliphatic heterocycles. The number of nitrogens with one attached hydrogen (secondary N) is 2. The van der Waals surface area contributed by atoms with Gasteiger partial charge in [0.25, 0.3) is 5.91 Å². The Balaban J connectivity index is 2.88. The van der Waals surface area contributed by atoms with Crippen molar-refractivity contribution in [1.29, 1.82) is 0 Å². The van der Waals surface area contributed by atoms with Crippen LogP contribution in [-0.2, 0) is 0 Å². The third-order valence-electron chi connectivity index (χ3n) is 1.55. The maximum absolute atomic E-state index is 11.2. The van der Waals surface area contributed by atoms with E-state index in [0.29, 0.717) is 12.2 Å². The van der Waals surface area contributed by atoms with E-state index in [1.807, 2.05) is 6.92 Å². The van der Waals surface area contributed by atoms with Gasteiger partial charge in [-0.05, 0) is 13.8 Å². The summed E-state index contributed by atoms with van der Waals surface area (Å²) in [6.07, 6.45) is 0. The zero-order chi connectivity index (χ0) is 9.14. The van der Waals surface area contributed by atoms with Crippen LogP contribution in [0.2, 0.25) is 0 Å². The van der Waals surface area contributed by atoms with Crippen LogP contribution in [0.5, 0.6) is 0 Å². The van der Waals surface area contributed by atoms with Gasteiger partial charge in [0.2, 0.25) is 0 Å². The van der Waals surface area contributed by atoms with Crippen molar-refractivity contribution >= 4 is 11.6 Å². The minimum Gasteiger partial charge on any atom is -0.395 e. The van der Waals surface area contributed by atoms with E-state index in [1.165, 1.54) is 0 Å². The predicted octanol–water partition coefficient (Wildman–Crippen LogP) is 0.0500. The van der Waals surface area contributed by atoms with Crippen molar-refractivity contribution in [3.63, 3.8) is 0 Å². The normalized spacial score (nSPS) is 9.83. The summed E-state index contributed by atoms with van der Waals surface area (Å²) in [4.78, 5) is 11.2. The number of H-pyrrole nitrogens is 1. The van der Waals surface area contributed by atoms with E-state index in [-0.39, 0.29) is 11.6 Å². The Morgan fingerprint density at radius 2 is 2.42 bits per heavy atom. The fraction of sp³-hybridized carbons (Fsp3) is 0.429. The van der Waals surface area contributed by atoms with Crippen molar-refractivity contribution in [2.24, 2.45) is 0 Å². The number of hydrogen-bond acceptors (Lipinski definition) is 3. The molecular formula is C7H12N4O. The molecule has 5 nitrogen and oxygen atoms in total. The van der Waals surface area contributed by atoms with Gasteiger partial charge in [-0.1, -0.05) is 0 Å². The number of carbonyl (C=O) groups excluding carboxylic acids is 1. The Bertz CT molecular complexity index is 292. The molecule has 1 aromatic rings. The molecule has 0 bridgehead atoms. The maximum Gasteiger partial charge on any atom is 0.273 e. The number of rotatable bonds is 2. The van der Waals surface area contributed by atoms with Crippen molar-refractivity contribution in [3.05, 3.63) is 11.4 Å². The van der Waals surface area contributed by atoms with E-state index in [1.54, 1.807) is 6.92 Å². The highest BCUT2D eigenvalue weighted by atomic mass is 16.1. The van der Waals surface area contributed by atoms with Crippen LogP contribution < -0.4 is 11.1 Å². The van der Waals surface area contributed by atoms with E-state index in [2.05, 4.69) is 15.5 Å². The Hall–Kier alpha value is -1.52. The molecule has 12 heavy (non-hydrogen) atoms. The lowest BCUT2D eigenvalue weighted by atomic mass is 10.3. The highest BCUT2D eigenvalue weighted by molar-refractivity contribution is 5.97. The van der Waals surface area contributed by atoms with E-state index < -0.39 is 0 Å². The standard InChI is InChI=1S/C7H12N4O/c1-3-9-7(12)6-5(8)4(2)10-11-6/h3,8H2,1-2H3,(H,9,12)(H,10,11). The Kier molecular flexibility index (Phi) is 2.32. The van der Waals surface area contributed by atoms with Gasteiger partial charge >= 0.3 is 0 Å². The summed E-state index contributed by atoms with van der Waals surface area (Å²) in [7, 11) is 0. The third kappa shape index (κ3) is 1.39. The molecule has 0 saturated heterocycles. The molecule has 0 radical (unpaired) electrons. The Labute approximate surface area is 70.3 Å². The summed E-state index contributed by atoms with van der Waals surface area (Å²) in [5.41, 5.74) is 6.99. The molecule has 0 saturated carbocycles. The number of aromatic amines is 1. The molecule has 1 rings (SSSR count). The summed E-state index contributed by atoms with van der Waals surface area (Å²) in [6.45, 7) is 4.18. The molecule has 4 N–H and O–H groups in total. The molecule has 1 aromatic heterocycles. The second-order valence-electron chi connectivity index (χ2n) is 2.47. The van der Waals surface area contributed by atoms with Crippen LogP contribution >= 0.6 is 0 Å². The van der Waals surface area contributed by atoms with Crippen LogP contribution in [0, 0.1) is 6.92 Å². The Morgan fingerprint density at radius 1 is 1.75 bits per heavy atom. The minimum atomic E-state index is -0.237. The van der Waals surface area contributed by atoms with Crippen molar-refractivity contribution in [2.75, 3.05) is 12.3 Å². The summed E-state index contributed by atoms with van der Waals surface area (Å²) in [5, 5.41) is 9.03. The molecule has 0 unspecified atom stereocenters. The molecule has 0 aromatic carbocycles. The van der Waals surface area contributed by atoms with Crippen LogP contribution in [0.3, 0.4) is 0 Å². The number of anilines is 1. The monoisotopic (exact) mass is 168 g/mol. The molecule has 1 amide bonds. The molecule has 0 spiro atoms. The van der Waals surface area contributed by atoms with Crippen molar-refractivity contribution < 1.29 is 4.79 Å². The largest absolute Gasteiger partial charge is 0.395 e. The van der Waals surface area contributed by atoms with Crippen LogP contribution in [0.25, 0.3) is 0 Å². The molecule has 0 aliphatic rings. The van der Waals surface area contributed by atoms with E-state index in [0.717, 1.165) is 5.69 Å². The van der Waals surface area contributed by atoms with E-state index >= 15 is 0 Å². The number of nitrogens with zero attached hydrogens (tertiary/aromatic N) is 1. The van der Waals surface area contributed by atoms with Gasteiger partial charge in [0.05, 0.1) is 11.4 Å². The summed E-state index contributed by atoms with van der Waals surface area (Å²) >= 11 is 0. The third-order valence-corrected chi connectivity index (χ3v) is 1.55. The van der Waals surface area contributed by atoms with Gasteiger partial charge in [0, 0.05) is 6.54 Å². The molecule has 0 atom stereocenters. The van der Waals surface area contributed by atoms with Gasteiger partial charge < -0.3 is 11.1 Å². The first kappa shape index (κ1) is 8.58. The van der Waals surface area contributed by atoms with Gasteiger partial charge in [0.15, 0.2) is 5.69 Å². The predicted molar refractivity (Wildman–Crippen MR) is 45.7 cm³/mol. The molecule has 66 valence electrons. The fourth-order valence-corrected chi connectivity index (χ4v) is 0.855. The summed E-state index contributed by atoms with van der Waals surface area (Å²) in [6, 6.07) is 0. The molecule has 0 aliphatic carbocycles. The van der Waals surface area contributed by atoms with Crippen molar-refractivity contribution in [1.82, 2.24) is 15.5 Å². The first-order valence-electron chi connectivity index (χ1n) is 3.75. The van der Waals surface area contributed by atoms with Crippen LogP contribution in [-0.4, -0.2) is 22.6 Å². The number of amides is 1.